The van der Waals surface area contributed by atoms with Gasteiger partial charge in [-0.25, -0.2) is 0 Å². The Hall–Kier alpha value is -2.06. The molecule has 2 rings (SSSR count). The fourth-order valence-corrected chi connectivity index (χ4v) is 2.38. The SMILES string of the molecule is COC1CCC(NC(=O)COc2ccccc2C#N)C1. The van der Waals surface area contributed by atoms with E-state index in [1.165, 1.54) is 0 Å². The number of rotatable bonds is 5. The van der Waals surface area contributed by atoms with Crippen LogP contribution in [0, 0.1) is 11.3 Å². The molecule has 1 aromatic carbocycles. The number of para-hydroxylation sites is 1. The number of carbonyl (C=O) groups is 1. The molecule has 2 unspecified atom stereocenters. The van der Waals surface area contributed by atoms with Gasteiger partial charge in [-0.2, -0.15) is 5.26 Å². The molecule has 0 aliphatic heterocycles. The van der Waals surface area contributed by atoms with E-state index in [1.54, 1.807) is 31.4 Å². The third-order valence-corrected chi connectivity index (χ3v) is 3.45. The van der Waals surface area contributed by atoms with Gasteiger partial charge in [-0.05, 0) is 31.4 Å². The van der Waals surface area contributed by atoms with Crippen LogP contribution in [0.2, 0.25) is 0 Å². The predicted octanol–water partition coefficient (Wildman–Crippen LogP) is 1.62. The molecular weight excluding hydrogens is 256 g/mol. The average Bonchev–Trinajstić information content (AvgIpc) is 2.93. The third-order valence-electron chi connectivity index (χ3n) is 3.45. The lowest BCUT2D eigenvalue weighted by molar-refractivity contribution is -0.123. The Morgan fingerprint density at radius 1 is 1.45 bits per heavy atom. The van der Waals surface area contributed by atoms with Crippen molar-refractivity contribution >= 4 is 5.91 Å². The molecule has 0 saturated heterocycles. The van der Waals surface area contributed by atoms with Gasteiger partial charge in [-0.1, -0.05) is 12.1 Å². The Balaban J connectivity index is 1.80. The van der Waals surface area contributed by atoms with E-state index < -0.39 is 0 Å². The van der Waals surface area contributed by atoms with Crippen molar-refractivity contribution in [1.82, 2.24) is 5.32 Å². The van der Waals surface area contributed by atoms with E-state index in [0.717, 1.165) is 19.3 Å². The third kappa shape index (κ3) is 3.72. The van der Waals surface area contributed by atoms with Crippen molar-refractivity contribution in [3.05, 3.63) is 29.8 Å². The minimum atomic E-state index is -0.167. The smallest absolute Gasteiger partial charge is 0.258 e. The Labute approximate surface area is 118 Å². The van der Waals surface area contributed by atoms with Crippen molar-refractivity contribution in [3.63, 3.8) is 0 Å². The number of hydrogen-bond donors (Lipinski definition) is 1. The summed E-state index contributed by atoms with van der Waals surface area (Å²) in [6, 6.07) is 9.06. The van der Waals surface area contributed by atoms with Gasteiger partial charge < -0.3 is 14.8 Å². The van der Waals surface area contributed by atoms with Crippen molar-refractivity contribution in [2.45, 2.75) is 31.4 Å². The first-order chi connectivity index (χ1) is 9.72. The summed E-state index contributed by atoms with van der Waals surface area (Å²) in [7, 11) is 1.69. The zero-order valence-electron chi connectivity index (χ0n) is 11.5. The van der Waals surface area contributed by atoms with Crippen molar-refractivity contribution in [2.75, 3.05) is 13.7 Å². The van der Waals surface area contributed by atoms with Crippen LogP contribution in [0.25, 0.3) is 0 Å². The predicted molar refractivity (Wildman–Crippen MR) is 73.2 cm³/mol. The molecule has 0 radical (unpaired) electrons. The fraction of sp³-hybridized carbons (Fsp3) is 0.467. The number of carbonyl (C=O) groups excluding carboxylic acids is 1. The summed E-state index contributed by atoms with van der Waals surface area (Å²) in [4.78, 5) is 11.8. The van der Waals surface area contributed by atoms with Crippen LogP contribution in [0.15, 0.2) is 24.3 Å². The fourth-order valence-electron chi connectivity index (χ4n) is 2.38. The van der Waals surface area contributed by atoms with Gasteiger partial charge in [0.05, 0.1) is 11.7 Å². The molecule has 1 fully saturated rings. The molecule has 1 amide bonds. The Morgan fingerprint density at radius 3 is 2.95 bits per heavy atom. The highest BCUT2D eigenvalue weighted by Gasteiger charge is 2.25. The number of benzene rings is 1. The second kappa shape index (κ2) is 6.92. The Morgan fingerprint density at radius 2 is 2.25 bits per heavy atom. The van der Waals surface area contributed by atoms with E-state index in [0.29, 0.717) is 11.3 Å². The molecule has 0 spiro atoms. The topological polar surface area (TPSA) is 71.3 Å². The first-order valence-corrected chi connectivity index (χ1v) is 6.67. The van der Waals surface area contributed by atoms with E-state index in [4.69, 9.17) is 14.7 Å². The Kier molecular flexibility index (Phi) is 4.97. The van der Waals surface area contributed by atoms with E-state index in [2.05, 4.69) is 5.32 Å². The minimum Gasteiger partial charge on any atom is -0.482 e. The van der Waals surface area contributed by atoms with Crippen molar-refractivity contribution in [1.29, 1.82) is 5.26 Å². The second-order valence-electron chi connectivity index (χ2n) is 4.83. The summed E-state index contributed by atoms with van der Waals surface area (Å²) < 4.78 is 10.7. The van der Waals surface area contributed by atoms with Crippen LogP contribution in [-0.2, 0) is 9.53 Å². The molecule has 5 heteroatoms. The molecular formula is C15H18N2O3. The van der Waals surface area contributed by atoms with E-state index in [1.807, 2.05) is 6.07 Å². The largest absolute Gasteiger partial charge is 0.482 e. The van der Waals surface area contributed by atoms with Crippen LogP contribution in [0.1, 0.15) is 24.8 Å². The number of nitrogens with zero attached hydrogens (tertiary/aromatic N) is 1. The lowest BCUT2D eigenvalue weighted by Gasteiger charge is -2.13. The van der Waals surface area contributed by atoms with Gasteiger partial charge in [-0.15, -0.1) is 0 Å². The summed E-state index contributed by atoms with van der Waals surface area (Å²) in [5, 5.41) is 11.8. The standard InChI is InChI=1S/C15H18N2O3/c1-19-13-7-6-12(8-13)17-15(18)10-20-14-5-3-2-4-11(14)9-16/h2-5,12-13H,6-8,10H2,1H3,(H,17,18). The molecule has 0 heterocycles. The number of ether oxygens (including phenoxy) is 2. The first kappa shape index (κ1) is 14.4. The van der Waals surface area contributed by atoms with Crippen LogP contribution in [0.4, 0.5) is 0 Å². The van der Waals surface area contributed by atoms with Gasteiger partial charge >= 0.3 is 0 Å². The highest BCUT2D eigenvalue weighted by atomic mass is 16.5. The van der Waals surface area contributed by atoms with Gasteiger partial charge in [0.15, 0.2) is 6.61 Å². The summed E-state index contributed by atoms with van der Waals surface area (Å²) in [6.45, 7) is -0.0765. The van der Waals surface area contributed by atoms with Gasteiger partial charge in [0.2, 0.25) is 0 Å². The van der Waals surface area contributed by atoms with Crippen LogP contribution >= 0.6 is 0 Å². The molecule has 20 heavy (non-hydrogen) atoms. The molecule has 106 valence electrons. The molecule has 1 aliphatic carbocycles. The highest BCUT2D eigenvalue weighted by molar-refractivity contribution is 5.78. The molecule has 1 aromatic rings. The van der Waals surface area contributed by atoms with Crippen LogP contribution in [-0.4, -0.2) is 31.8 Å². The van der Waals surface area contributed by atoms with Crippen LogP contribution < -0.4 is 10.1 Å². The zero-order valence-corrected chi connectivity index (χ0v) is 11.5. The number of hydrogen-bond acceptors (Lipinski definition) is 4. The van der Waals surface area contributed by atoms with E-state index in [-0.39, 0.29) is 24.7 Å². The van der Waals surface area contributed by atoms with Crippen molar-refractivity contribution in [2.24, 2.45) is 0 Å². The van der Waals surface area contributed by atoms with Crippen LogP contribution in [0.5, 0.6) is 5.75 Å². The van der Waals surface area contributed by atoms with Crippen molar-refractivity contribution in [3.8, 4) is 11.8 Å². The van der Waals surface area contributed by atoms with E-state index >= 15 is 0 Å². The lowest BCUT2D eigenvalue weighted by atomic mass is 10.2. The molecule has 1 saturated carbocycles. The molecule has 5 nitrogen and oxygen atoms in total. The number of methoxy groups -OCH3 is 1. The van der Waals surface area contributed by atoms with Crippen LogP contribution in [0.3, 0.4) is 0 Å². The Bertz CT molecular complexity index is 510. The maximum absolute atomic E-state index is 11.8. The van der Waals surface area contributed by atoms with Gasteiger partial charge in [0.25, 0.3) is 5.91 Å². The monoisotopic (exact) mass is 274 g/mol. The highest BCUT2D eigenvalue weighted by Crippen LogP contribution is 2.21. The maximum Gasteiger partial charge on any atom is 0.258 e. The quantitative estimate of drug-likeness (QED) is 0.885. The summed E-state index contributed by atoms with van der Waals surface area (Å²) in [5.74, 6) is 0.269. The van der Waals surface area contributed by atoms with Gasteiger partial charge in [-0.3, -0.25) is 4.79 Å². The molecule has 1 N–H and O–H groups in total. The number of amides is 1. The molecule has 2 atom stereocenters. The molecule has 0 bridgehead atoms. The average molecular weight is 274 g/mol. The minimum absolute atomic E-state index is 0.0765. The molecule has 1 aliphatic rings. The summed E-state index contributed by atoms with van der Waals surface area (Å²) in [5.41, 5.74) is 0.431. The normalized spacial score (nSPS) is 21.2. The molecule has 0 aromatic heterocycles. The van der Waals surface area contributed by atoms with Crippen molar-refractivity contribution < 1.29 is 14.3 Å². The second-order valence-corrected chi connectivity index (χ2v) is 4.83. The summed E-state index contributed by atoms with van der Waals surface area (Å²) in [6.07, 6.45) is 2.98. The van der Waals surface area contributed by atoms with Gasteiger partial charge in [0.1, 0.15) is 11.8 Å². The van der Waals surface area contributed by atoms with Gasteiger partial charge in [0, 0.05) is 13.2 Å². The lowest BCUT2D eigenvalue weighted by Crippen LogP contribution is -2.36. The zero-order chi connectivity index (χ0) is 14.4. The first-order valence-electron chi connectivity index (χ1n) is 6.67. The number of nitriles is 1. The number of nitrogens with one attached hydrogen (secondary N) is 1. The maximum atomic E-state index is 11.8. The summed E-state index contributed by atoms with van der Waals surface area (Å²) >= 11 is 0. The van der Waals surface area contributed by atoms with E-state index in [9.17, 15) is 4.79 Å².